The Hall–Kier alpha value is -3.44. The highest BCUT2D eigenvalue weighted by Gasteiger charge is 2.42. The van der Waals surface area contributed by atoms with Crippen molar-refractivity contribution in [3.63, 3.8) is 0 Å². The van der Waals surface area contributed by atoms with Crippen LogP contribution in [0.25, 0.3) is 11.3 Å². The molecule has 3 heterocycles. The molecule has 1 saturated heterocycles. The van der Waals surface area contributed by atoms with E-state index in [9.17, 15) is 25.1 Å². The van der Waals surface area contributed by atoms with Gasteiger partial charge in [0.15, 0.2) is 5.01 Å². The molecule has 31 heavy (non-hydrogen) atoms. The summed E-state index contributed by atoms with van der Waals surface area (Å²) < 4.78 is 5.73. The lowest BCUT2D eigenvalue weighted by molar-refractivity contribution is -0.137. The van der Waals surface area contributed by atoms with Gasteiger partial charge in [-0.1, -0.05) is 11.8 Å². The van der Waals surface area contributed by atoms with Crippen molar-refractivity contribution in [1.82, 2.24) is 9.88 Å². The van der Waals surface area contributed by atoms with E-state index in [1.54, 1.807) is 25.2 Å². The first kappa shape index (κ1) is 20.8. The maximum atomic E-state index is 12.1. The fraction of sp³-hybridized carbons (Fsp3) is 0.333. The van der Waals surface area contributed by atoms with Crippen LogP contribution in [0.1, 0.15) is 33.1 Å². The zero-order valence-electron chi connectivity index (χ0n) is 16.5. The van der Waals surface area contributed by atoms with E-state index in [2.05, 4.69) is 16.8 Å². The van der Waals surface area contributed by atoms with Crippen molar-refractivity contribution in [3.8, 4) is 34.9 Å². The summed E-state index contributed by atoms with van der Waals surface area (Å²) in [5.41, 5.74) is 3.20. The number of likely N-dealkylation sites (tertiary alicyclic amines) is 1. The quantitative estimate of drug-likeness (QED) is 0.573. The smallest absolute Gasteiger partial charge is 0.277 e. The molecule has 0 spiro atoms. The van der Waals surface area contributed by atoms with Gasteiger partial charge in [0.2, 0.25) is 5.60 Å². The lowest BCUT2D eigenvalue weighted by atomic mass is 9.96. The molecule has 4 N–H and O–H groups in total. The average Bonchev–Trinajstić information content (AvgIpc) is 3.27. The fourth-order valence-electron chi connectivity index (χ4n) is 3.51. The number of nitrogens with zero attached hydrogens (tertiary/aromatic N) is 3. The number of aliphatic hydroxyl groups is 2. The van der Waals surface area contributed by atoms with Crippen molar-refractivity contribution in [1.29, 1.82) is 5.26 Å². The van der Waals surface area contributed by atoms with Crippen LogP contribution in [-0.4, -0.2) is 57.7 Å². The summed E-state index contributed by atoms with van der Waals surface area (Å²) in [5, 5.41) is 30.7. The van der Waals surface area contributed by atoms with Gasteiger partial charge in [0.05, 0.1) is 23.1 Å². The zero-order valence-corrected chi connectivity index (χ0v) is 17.3. The molecule has 158 valence electrons. The molecule has 4 rings (SSSR count). The van der Waals surface area contributed by atoms with E-state index >= 15 is 0 Å². The maximum Gasteiger partial charge on any atom is 0.277 e. The summed E-state index contributed by atoms with van der Waals surface area (Å²) in [7, 11) is 1.60. The maximum absolute atomic E-state index is 12.1. The molecule has 1 aromatic carbocycles. The van der Waals surface area contributed by atoms with Crippen LogP contribution in [0.4, 0.5) is 0 Å². The predicted octanol–water partition coefficient (Wildman–Crippen LogP) is 0.347. The van der Waals surface area contributed by atoms with Crippen molar-refractivity contribution in [3.05, 3.63) is 33.6 Å². The molecule has 2 atom stereocenters. The van der Waals surface area contributed by atoms with Crippen LogP contribution in [-0.2, 0) is 10.4 Å². The molecule has 0 radical (unpaired) electrons. The Labute approximate surface area is 181 Å². The SMILES string of the molecule is CN1CC[C@@](O)(C#Cc2ccc3c(c2)-c2nc(C(N)=O)sc2[C@@](O)(CC#N)CO3)C1=O. The van der Waals surface area contributed by atoms with Gasteiger partial charge in [0.25, 0.3) is 11.8 Å². The van der Waals surface area contributed by atoms with Gasteiger partial charge >= 0.3 is 0 Å². The molecule has 2 aliphatic rings. The van der Waals surface area contributed by atoms with Crippen LogP contribution in [0, 0.1) is 23.2 Å². The number of hydrogen-bond donors (Lipinski definition) is 3. The third kappa shape index (κ3) is 3.51. The number of amides is 2. The van der Waals surface area contributed by atoms with E-state index in [1.807, 2.05) is 6.07 Å². The van der Waals surface area contributed by atoms with Gasteiger partial charge in [-0.15, -0.1) is 11.3 Å². The molecule has 2 aromatic rings. The molecule has 0 saturated carbocycles. The first-order valence-corrected chi connectivity index (χ1v) is 10.2. The number of rotatable bonds is 2. The van der Waals surface area contributed by atoms with E-state index in [0.717, 1.165) is 11.3 Å². The van der Waals surface area contributed by atoms with Gasteiger partial charge in [0.1, 0.15) is 18.0 Å². The molecule has 0 aliphatic carbocycles. The minimum absolute atomic E-state index is 0.000368. The van der Waals surface area contributed by atoms with Crippen LogP contribution in [0.3, 0.4) is 0 Å². The van der Waals surface area contributed by atoms with E-state index in [-0.39, 0.29) is 30.2 Å². The zero-order chi connectivity index (χ0) is 22.4. The number of carbonyl (C=O) groups excluding carboxylic acids is 2. The summed E-state index contributed by atoms with van der Waals surface area (Å²) >= 11 is 0.914. The van der Waals surface area contributed by atoms with Gasteiger partial charge in [-0.2, -0.15) is 5.26 Å². The van der Waals surface area contributed by atoms with Crippen molar-refractivity contribution in [2.75, 3.05) is 20.2 Å². The first-order chi connectivity index (χ1) is 14.7. The predicted molar refractivity (Wildman–Crippen MR) is 110 cm³/mol. The number of nitrogens with two attached hydrogens (primary N) is 1. The number of hydrogen-bond acceptors (Lipinski definition) is 8. The van der Waals surface area contributed by atoms with Crippen molar-refractivity contribution in [2.45, 2.75) is 24.0 Å². The van der Waals surface area contributed by atoms with Gasteiger partial charge in [-0.25, -0.2) is 4.98 Å². The number of benzene rings is 1. The summed E-state index contributed by atoms with van der Waals surface area (Å²) in [5.74, 6) is 4.66. The topological polar surface area (TPSA) is 150 Å². The van der Waals surface area contributed by atoms with Gasteiger partial charge in [-0.3, -0.25) is 9.59 Å². The van der Waals surface area contributed by atoms with Crippen molar-refractivity contribution in [2.24, 2.45) is 5.73 Å². The second-order valence-corrected chi connectivity index (χ2v) is 8.51. The Morgan fingerprint density at radius 1 is 1.45 bits per heavy atom. The molecule has 2 amide bonds. The molecular weight excluding hydrogens is 420 g/mol. The first-order valence-electron chi connectivity index (χ1n) is 9.36. The molecule has 2 aliphatic heterocycles. The van der Waals surface area contributed by atoms with E-state index in [4.69, 9.17) is 10.5 Å². The Morgan fingerprint density at radius 3 is 2.87 bits per heavy atom. The number of ether oxygens (including phenoxy) is 1. The average molecular weight is 438 g/mol. The number of carbonyl (C=O) groups is 2. The van der Waals surface area contributed by atoms with Gasteiger partial charge in [-0.05, 0) is 18.2 Å². The van der Waals surface area contributed by atoms with Crippen LogP contribution in [0.5, 0.6) is 5.75 Å². The third-order valence-corrected chi connectivity index (χ3v) is 6.52. The summed E-state index contributed by atoms with van der Waals surface area (Å²) in [6.45, 7) is 0.212. The Morgan fingerprint density at radius 2 is 2.23 bits per heavy atom. The fourth-order valence-corrected chi connectivity index (χ4v) is 4.52. The number of primary amides is 1. The normalized spacial score (nSPS) is 24.2. The van der Waals surface area contributed by atoms with E-state index < -0.39 is 23.0 Å². The number of nitriles is 1. The molecule has 1 aromatic heterocycles. The molecule has 0 bridgehead atoms. The second kappa shape index (κ2) is 7.36. The number of thiazole rings is 1. The van der Waals surface area contributed by atoms with Crippen LogP contribution in [0.2, 0.25) is 0 Å². The van der Waals surface area contributed by atoms with Crippen molar-refractivity contribution < 1.29 is 24.5 Å². The molecular formula is C21H18N4O5S. The highest BCUT2D eigenvalue weighted by molar-refractivity contribution is 7.14. The molecule has 10 heteroatoms. The second-order valence-electron chi connectivity index (χ2n) is 7.51. The Kier molecular flexibility index (Phi) is 4.94. The highest BCUT2D eigenvalue weighted by atomic mass is 32.1. The number of aromatic nitrogens is 1. The van der Waals surface area contributed by atoms with Crippen LogP contribution in [0.15, 0.2) is 18.2 Å². The lowest BCUT2D eigenvalue weighted by Crippen LogP contribution is -2.37. The van der Waals surface area contributed by atoms with E-state index in [1.165, 1.54) is 4.90 Å². The molecule has 1 fully saturated rings. The number of likely N-dealkylation sites (N-methyl/N-ethyl adjacent to an activating group) is 1. The highest BCUT2D eigenvalue weighted by Crippen LogP contribution is 2.44. The van der Waals surface area contributed by atoms with Gasteiger partial charge < -0.3 is 25.6 Å². The summed E-state index contributed by atoms with van der Waals surface area (Å²) in [6.07, 6.45) is -0.0491. The van der Waals surface area contributed by atoms with Crippen LogP contribution >= 0.6 is 11.3 Å². The van der Waals surface area contributed by atoms with Crippen molar-refractivity contribution >= 4 is 23.2 Å². The summed E-state index contributed by atoms with van der Waals surface area (Å²) in [4.78, 5) is 29.8. The molecule has 9 nitrogen and oxygen atoms in total. The van der Waals surface area contributed by atoms with E-state index in [0.29, 0.717) is 28.3 Å². The van der Waals surface area contributed by atoms with Crippen LogP contribution < -0.4 is 10.5 Å². The minimum atomic E-state index is -1.74. The summed E-state index contributed by atoms with van der Waals surface area (Å²) in [6, 6.07) is 6.84. The van der Waals surface area contributed by atoms with Gasteiger partial charge in [0, 0.05) is 31.1 Å². The lowest BCUT2D eigenvalue weighted by Gasteiger charge is -2.22. The monoisotopic (exact) mass is 438 g/mol. The largest absolute Gasteiger partial charge is 0.489 e. The minimum Gasteiger partial charge on any atom is -0.489 e. The molecule has 0 unspecified atom stereocenters. The third-order valence-electron chi connectivity index (χ3n) is 5.26. The Bertz CT molecular complexity index is 1210. The Balaban J connectivity index is 1.81. The number of fused-ring (bicyclic) bond motifs is 3. The standard InChI is InChI=1S/C21H18N4O5S/c1-25-9-7-20(28,19(25)27)5-4-12-2-3-14-13(10-12)15-16(31-18(24-15)17(23)26)21(29,6-8-22)11-30-14/h2-3,10,28-29H,6-7,9,11H2,1H3,(H2,23,26)/t20-,21+/m0/s1.